The molecule has 5 nitrogen and oxygen atoms in total. The van der Waals surface area contributed by atoms with Crippen molar-refractivity contribution in [3.8, 4) is 6.07 Å². The third-order valence-electron chi connectivity index (χ3n) is 4.94. The van der Waals surface area contributed by atoms with Gasteiger partial charge in [0.05, 0.1) is 17.8 Å². The lowest BCUT2D eigenvalue weighted by Crippen LogP contribution is -2.20. The first-order chi connectivity index (χ1) is 11.1. The maximum Gasteiger partial charge on any atom is 0.127 e. The summed E-state index contributed by atoms with van der Waals surface area (Å²) in [6.07, 6.45) is 7.11. The van der Waals surface area contributed by atoms with E-state index in [0.717, 1.165) is 42.8 Å². The Bertz CT molecular complexity index is 717. The van der Waals surface area contributed by atoms with Crippen molar-refractivity contribution in [1.29, 1.82) is 5.26 Å². The highest BCUT2D eigenvalue weighted by atomic mass is 15.1. The molecule has 0 atom stereocenters. The standard InChI is InChI=1S/C18H25N5/c1-12(2)18-22-15-11-21-17(20-3)10-16(15)23(18)14-6-4-13(5-7-14)8-9-19/h10-14H,4-8H2,1-3H3,(H,20,21). The molecule has 1 fully saturated rings. The number of fused-ring (bicyclic) bond motifs is 1. The van der Waals surface area contributed by atoms with Gasteiger partial charge in [0.25, 0.3) is 0 Å². The lowest BCUT2D eigenvalue weighted by Gasteiger charge is -2.30. The van der Waals surface area contributed by atoms with E-state index >= 15 is 0 Å². The van der Waals surface area contributed by atoms with Crippen molar-refractivity contribution in [2.24, 2.45) is 5.92 Å². The summed E-state index contributed by atoms with van der Waals surface area (Å²) in [5.41, 5.74) is 2.16. The van der Waals surface area contributed by atoms with Gasteiger partial charge >= 0.3 is 0 Å². The van der Waals surface area contributed by atoms with Crippen LogP contribution in [0.5, 0.6) is 0 Å². The van der Waals surface area contributed by atoms with Crippen LogP contribution < -0.4 is 5.32 Å². The Kier molecular flexibility index (Phi) is 4.51. The van der Waals surface area contributed by atoms with E-state index in [9.17, 15) is 0 Å². The van der Waals surface area contributed by atoms with E-state index < -0.39 is 0 Å². The van der Waals surface area contributed by atoms with Crippen LogP contribution in [0.1, 0.15) is 63.7 Å². The smallest absolute Gasteiger partial charge is 0.127 e. The predicted molar refractivity (Wildman–Crippen MR) is 92.4 cm³/mol. The summed E-state index contributed by atoms with van der Waals surface area (Å²) >= 11 is 0. The first-order valence-electron chi connectivity index (χ1n) is 8.56. The molecule has 1 aliphatic carbocycles. The number of rotatable bonds is 4. The number of hydrogen-bond donors (Lipinski definition) is 1. The van der Waals surface area contributed by atoms with Gasteiger partial charge in [-0.1, -0.05) is 13.8 Å². The second kappa shape index (κ2) is 6.57. The summed E-state index contributed by atoms with van der Waals surface area (Å²) in [6.45, 7) is 4.40. The van der Waals surface area contributed by atoms with Crippen molar-refractivity contribution in [2.75, 3.05) is 12.4 Å². The number of aromatic nitrogens is 3. The van der Waals surface area contributed by atoms with Gasteiger partial charge in [-0.25, -0.2) is 9.97 Å². The van der Waals surface area contributed by atoms with Gasteiger partial charge in [0.15, 0.2) is 0 Å². The lowest BCUT2D eigenvalue weighted by molar-refractivity contribution is 0.276. The Morgan fingerprint density at radius 1 is 1.35 bits per heavy atom. The van der Waals surface area contributed by atoms with Crippen LogP contribution in [-0.2, 0) is 0 Å². The van der Waals surface area contributed by atoms with Crippen LogP contribution in [0.25, 0.3) is 11.0 Å². The van der Waals surface area contributed by atoms with Gasteiger partial charge in [-0.05, 0) is 31.6 Å². The number of imidazole rings is 1. The van der Waals surface area contributed by atoms with Crippen molar-refractivity contribution in [1.82, 2.24) is 14.5 Å². The zero-order valence-corrected chi connectivity index (χ0v) is 14.2. The number of nitrogens with one attached hydrogen (secondary N) is 1. The van der Waals surface area contributed by atoms with Crippen molar-refractivity contribution < 1.29 is 0 Å². The molecule has 0 aliphatic heterocycles. The van der Waals surface area contributed by atoms with Crippen molar-refractivity contribution >= 4 is 16.9 Å². The van der Waals surface area contributed by atoms with Gasteiger partial charge in [0, 0.05) is 31.5 Å². The highest BCUT2D eigenvalue weighted by Gasteiger charge is 2.26. The van der Waals surface area contributed by atoms with E-state index in [1.54, 1.807) is 0 Å². The van der Waals surface area contributed by atoms with Gasteiger partial charge in [-0.15, -0.1) is 0 Å². The zero-order valence-electron chi connectivity index (χ0n) is 14.2. The maximum atomic E-state index is 8.91. The molecular formula is C18H25N5. The molecule has 1 N–H and O–H groups in total. The van der Waals surface area contributed by atoms with E-state index in [1.807, 2.05) is 13.2 Å². The number of nitriles is 1. The molecule has 2 aromatic rings. The SMILES string of the molecule is CNc1cc2c(cn1)nc(C(C)C)n2C1CCC(CC#N)CC1. The molecule has 0 spiro atoms. The third kappa shape index (κ3) is 3.03. The Labute approximate surface area is 137 Å². The summed E-state index contributed by atoms with van der Waals surface area (Å²) in [5, 5.41) is 12.0. The molecule has 122 valence electrons. The molecule has 5 heteroatoms. The second-order valence-electron chi connectivity index (χ2n) is 6.84. The molecule has 0 amide bonds. The predicted octanol–water partition coefficient (Wildman–Crippen LogP) is 4.24. The number of anilines is 1. The minimum Gasteiger partial charge on any atom is -0.373 e. The van der Waals surface area contributed by atoms with E-state index in [-0.39, 0.29) is 0 Å². The van der Waals surface area contributed by atoms with Gasteiger partial charge in [0.2, 0.25) is 0 Å². The fourth-order valence-corrected chi connectivity index (χ4v) is 3.68. The van der Waals surface area contributed by atoms with E-state index in [2.05, 4.69) is 40.9 Å². The highest BCUT2D eigenvalue weighted by molar-refractivity contribution is 5.78. The van der Waals surface area contributed by atoms with Crippen molar-refractivity contribution in [3.63, 3.8) is 0 Å². The number of pyridine rings is 1. The Morgan fingerprint density at radius 3 is 2.70 bits per heavy atom. The summed E-state index contributed by atoms with van der Waals surface area (Å²) in [5.74, 6) is 2.99. The van der Waals surface area contributed by atoms with Crippen LogP contribution in [0.3, 0.4) is 0 Å². The van der Waals surface area contributed by atoms with Crippen molar-refractivity contribution in [2.45, 2.75) is 57.9 Å². The molecule has 1 saturated carbocycles. The molecule has 0 radical (unpaired) electrons. The van der Waals surface area contributed by atoms with Crippen LogP contribution in [-0.4, -0.2) is 21.6 Å². The van der Waals surface area contributed by atoms with Crippen LogP contribution in [0.15, 0.2) is 12.3 Å². The van der Waals surface area contributed by atoms with Crippen molar-refractivity contribution in [3.05, 3.63) is 18.1 Å². The first-order valence-corrected chi connectivity index (χ1v) is 8.56. The second-order valence-corrected chi connectivity index (χ2v) is 6.84. The van der Waals surface area contributed by atoms with Gasteiger partial charge < -0.3 is 9.88 Å². The van der Waals surface area contributed by atoms with Crippen LogP contribution in [0.2, 0.25) is 0 Å². The van der Waals surface area contributed by atoms with Gasteiger partial charge in [-0.2, -0.15) is 5.26 Å². The maximum absolute atomic E-state index is 8.91. The Morgan fingerprint density at radius 2 is 2.09 bits per heavy atom. The summed E-state index contributed by atoms with van der Waals surface area (Å²) < 4.78 is 2.44. The molecule has 2 aromatic heterocycles. The minimum atomic E-state index is 0.386. The Hall–Kier alpha value is -2.09. The molecule has 0 bridgehead atoms. The molecule has 2 heterocycles. The summed E-state index contributed by atoms with van der Waals surface area (Å²) in [4.78, 5) is 9.24. The average molecular weight is 311 g/mol. The molecule has 0 saturated heterocycles. The first kappa shape index (κ1) is 15.8. The largest absolute Gasteiger partial charge is 0.373 e. The normalized spacial score (nSPS) is 21.5. The van der Waals surface area contributed by atoms with Crippen LogP contribution in [0.4, 0.5) is 5.82 Å². The molecule has 0 unspecified atom stereocenters. The van der Waals surface area contributed by atoms with E-state index in [0.29, 0.717) is 24.3 Å². The monoisotopic (exact) mass is 311 g/mol. The molecule has 0 aromatic carbocycles. The van der Waals surface area contributed by atoms with Crippen LogP contribution >= 0.6 is 0 Å². The summed E-state index contributed by atoms with van der Waals surface area (Å²) in [6, 6.07) is 4.92. The Balaban J connectivity index is 1.98. The van der Waals surface area contributed by atoms with E-state index in [4.69, 9.17) is 10.2 Å². The van der Waals surface area contributed by atoms with Crippen LogP contribution in [0, 0.1) is 17.2 Å². The van der Waals surface area contributed by atoms with Gasteiger partial charge in [-0.3, -0.25) is 0 Å². The lowest BCUT2D eigenvalue weighted by atomic mass is 9.84. The molecule has 1 aliphatic rings. The topological polar surface area (TPSA) is 66.5 Å². The highest BCUT2D eigenvalue weighted by Crippen LogP contribution is 2.37. The molecule has 3 rings (SSSR count). The fraction of sp³-hybridized carbons (Fsp3) is 0.611. The fourth-order valence-electron chi connectivity index (χ4n) is 3.68. The molecular weight excluding hydrogens is 286 g/mol. The minimum absolute atomic E-state index is 0.386. The number of nitrogens with zero attached hydrogens (tertiary/aromatic N) is 4. The van der Waals surface area contributed by atoms with Gasteiger partial charge in [0.1, 0.15) is 17.2 Å². The molecule has 23 heavy (non-hydrogen) atoms. The average Bonchev–Trinajstić information content (AvgIpc) is 2.94. The summed E-state index contributed by atoms with van der Waals surface area (Å²) in [7, 11) is 1.89. The third-order valence-corrected chi connectivity index (χ3v) is 4.94. The quantitative estimate of drug-likeness (QED) is 0.917. The number of hydrogen-bond acceptors (Lipinski definition) is 4. The van der Waals surface area contributed by atoms with E-state index in [1.165, 1.54) is 5.52 Å². The zero-order chi connectivity index (χ0) is 16.4.